The maximum absolute atomic E-state index is 13.0. The number of benzene rings is 2. The highest BCUT2D eigenvalue weighted by molar-refractivity contribution is 5.90. The van der Waals surface area contributed by atoms with Crippen LogP contribution in [0.5, 0.6) is 0 Å². The maximum Gasteiger partial charge on any atom is 0.262 e. The Morgan fingerprint density at radius 2 is 1.85 bits per heavy atom. The third-order valence-electron chi connectivity index (χ3n) is 5.30. The molecule has 3 N–H and O–H groups in total. The number of aromatic nitrogens is 2. The van der Waals surface area contributed by atoms with Crippen LogP contribution >= 0.6 is 0 Å². The molecule has 0 saturated carbocycles. The van der Waals surface area contributed by atoms with Crippen molar-refractivity contribution in [3.63, 3.8) is 0 Å². The van der Waals surface area contributed by atoms with E-state index in [9.17, 15) is 9.59 Å². The van der Waals surface area contributed by atoms with Gasteiger partial charge in [0.15, 0.2) is 0 Å². The van der Waals surface area contributed by atoms with Crippen LogP contribution in [0.2, 0.25) is 0 Å². The molecule has 4 aromatic rings. The monoisotopic (exact) mass is 439 g/mol. The lowest BCUT2D eigenvalue weighted by atomic mass is 10.0. The second-order valence-corrected chi connectivity index (χ2v) is 7.83. The van der Waals surface area contributed by atoms with Crippen LogP contribution in [0.15, 0.2) is 84.2 Å². The summed E-state index contributed by atoms with van der Waals surface area (Å²) in [6, 6.07) is 20.2. The fraction of sp³-hybridized carbons (Fsp3) is 0.154. The Morgan fingerprint density at radius 3 is 2.64 bits per heavy atom. The van der Waals surface area contributed by atoms with E-state index in [4.69, 9.17) is 0 Å². The van der Waals surface area contributed by atoms with E-state index < -0.39 is 11.9 Å². The first-order valence-corrected chi connectivity index (χ1v) is 10.7. The second-order valence-electron chi connectivity index (χ2n) is 7.83. The molecule has 0 bridgehead atoms. The molecule has 0 unspecified atom stereocenters. The van der Waals surface area contributed by atoms with Crippen LogP contribution in [0.25, 0.3) is 10.9 Å². The fourth-order valence-electron chi connectivity index (χ4n) is 3.56. The molecule has 2 heterocycles. The number of hydrogen-bond acceptors (Lipinski definition) is 4. The van der Waals surface area contributed by atoms with Crippen LogP contribution in [-0.2, 0) is 22.4 Å². The Balaban J connectivity index is 1.49. The van der Waals surface area contributed by atoms with Crippen molar-refractivity contribution in [2.75, 3.05) is 0 Å². The number of rotatable bonds is 8. The zero-order valence-corrected chi connectivity index (χ0v) is 18.3. The van der Waals surface area contributed by atoms with Gasteiger partial charge in [-0.3, -0.25) is 14.6 Å². The Hall–Kier alpha value is -4.26. The van der Waals surface area contributed by atoms with Crippen LogP contribution in [0.3, 0.4) is 0 Å². The van der Waals surface area contributed by atoms with E-state index >= 15 is 0 Å². The number of carbonyl (C=O) groups excluding carboxylic acids is 2. The van der Waals surface area contributed by atoms with E-state index in [1.165, 1.54) is 6.21 Å². The Labute approximate surface area is 191 Å². The summed E-state index contributed by atoms with van der Waals surface area (Å²) >= 11 is 0. The molecule has 1 atom stereocenters. The minimum Gasteiger partial charge on any atom is -0.361 e. The molecule has 2 aromatic heterocycles. The van der Waals surface area contributed by atoms with Crippen molar-refractivity contribution in [3.05, 3.63) is 102 Å². The fourth-order valence-corrected chi connectivity index (χ4v) is 3.56. The van der Waals surface area contributed by atoms with Gasteiger partial charge >= 0.3 is 0 Å². The van der Waals surface area contributed by atoms with Gasteiger partial charge in [0.05, 0.1) is 18.3 Å². The van der Waals surface area contributed by atoms with Gasteiger partial charge in [0.1, 0.15) is 6.04 Å². The molecule has 0 saturated heterocycles. The van der Waals surface area contributed by atoms with Crippen LogP contribution in [0.4, 0.5) is 0 Å². The predicted octanol–water partition coefficient (Wildman–Crippen LogP) is 3.29. The summed E-state index contributed by atoms with van der Waals surface area (Å²) in [4.78, 5) is 33.1. The Morgan fingerprint density at radius 1 is 1.06 bits per heavy atom. The molecule has 0 aliphatic rings. The van der Waals surface area contributed by atoms with Crippen molar-refractivity contribution in [2.45, 2.75) is 25.8 Å². The standard InChI is InChI=1S/C26H25N5O2/c1-18-9-11-19(12-10-18)14-25(32)30-24(15-20-16-28-23-8-3-2-7-22(20)23)26(33)31-29-17-21-6-4-5-13-27-21/h2-13,16-17,24,28H,14-15H2,1H3,(H,30,32)(H,31,33)/b29-17+/t24-/m1/s1. The number of fused-ring (bicyclic) bond motifs is 1. The smallest absolute Gasteiger partial charge is 0.262 e. The third kappa shape index (κ3) is 5.92. The molecule has 7 nitrogen and oxygen atoms in total. The summed E-state index contributed by atoms with van der Waals surface area (Å²) < 4.78 is 0. The Kier molecular flexibility index (Phi) is 6.90. The molecule has 166 valence electrons. The number of hydrogen-bond donors (Lipinski definition) is 3. The first-order valence-electron chi connectivity index (χ1n) is 10.7. The van der Waals surface area contributed by atoms with E-state index in [0.717, 1.165) is 27.6 Å². The molecular weight excluding hydrogens is 414 g/mol. The largest absolute Gasteiger partial charge is 0.361 e. The number of aromatic amines is 1. The van der Waals surface area contributed by atoms with Gasteiger partial charge in [-0.2, -0.15) is 5.10 Å². The first-order chi connectivity index (χ1) is 16.1. The molecule has 4 rings (SSSR count). The quantitative estimate of drug-likeness (QED) is 0.290. The van der Waals surface area contributed by atoms with Crippen molar-refractivity contribution in [3.8, 4) is 0 Å². The zero-order valence-electron chi connectivity index (χ0n) is 18.3. The minimum atomic E-state index is -0.789. The minimum absolute atomic E-state index is 0.190. The lowest BCUT2D eigenvalue weighted by Gasteiger charge is -2.17. The van der Waals surface area contributed by atoms with Crippen molar-refractivity contribution in [1.82, 2.24) is 20.7 Å². The molecule has 0 aliphatic heterocycles. The lowest BCUT2D eigenvalue weighted by molar-refractivity contribution is -0.128. The molecule has 33 heavy (non-hydrogen) atoms. The predicted molar refractivity (Wildman–Crippen MR) is 129 cm³/mol. The summed E-state index contributed by atoms with van der Waals surface area (Å²) in [5.41, 5.74) is 7.08. The lowest BCUT2D eigenvalue weighted by Crippen LogP contribution is -2.47. The van der Waals surface area contributed by atoms with Gasteiger partial charge in [0, 0.05) is 29.7 Å². The van der Waals surface area contributed by atoms with Crippen molar-refractivity contribution in [2.24, 2.45) is 5.10 Å². The van der Waals surface area contributed by atoms with Crippen LogP contribution in [0.1, 0.15) is 22.4 Å². The normalized spacial score (nSPS) is 12.0. The molecule has 0 aliphatic carbocycles. The molecule has 0 radical (unpaired) electrons. The zero-order chi connectivity index (χ0) is 23.0. The average Bonchev–Trinajstić information content (AvgIpc) is 3.23. The van der Waals surface area contributed by atoms with Gasteiger partial charge in [-0.05, 0) is 36.2 Å². The van der Waals surface area contributed by atoms with Crippen molar-refractivity contribution in [1.29, 1.82) is 0 Å². The number of para-hydroxylation sites is 1. The second kappa shape index (κ2) is 10.4. The SMILES string of the molecule is Cc1ccc(CC(=O)N[C@H](Cc2c[nH]c3ccccc23)C(=O)N/N=C/c2ccccn2)cc1. The summed E-state index contributed by atoms with van der Waals surface area (Å²) in [5, 5.41) is 7.90. The Bertz CT molecular complexity index is 1260. The van der Waals surface area contributed by atoms with E-state index in [2.05, 4.69) is 25.8 Å². The van der Waals surface area contributed by atoms with Gasteiger partial charge in [-0.1, -0.05) is 54.1 Å². The van der Waals surface area contributed by atoms with Crippen molar-refractivity contribution < 1.29 is 9.59 Å². The topological polar surface area (TPSA) is 99.2 Å². The number of H-pyrrole nitrogens is 1. The van der Waals surface area contributed by atoms with Crippen molar-refractivity contribution >= 4 is 28.9 Å². The highest BCUT2D eigenvalue weighted by atomic mass is 16.2. The molecule has 2 aromatic carbocycles. The maximum atomic E-state index is 13.0. The molecule has 2 amide bonds. The van der Waals surface area contributed by atoms with Gasteiger partial charge in [-0.15, -0.1) is 0 Å². The molecule has 0 spiro atoms. The van der Waals surface area contributed by atoms with E-state index in [1.54, 1.807) is 18.3 Å². The summed E-state index contributed by atoms with van der Waals surface area (Å²) in [6.45, 7) is 2.00. The van der Waals surface area contributed by atoms with Crippen LogP contribution in [-0.4, -0.2) is 34.0 Å². The van der Waals surface area contributed by atoms with Gasteiger partial charge in [-0.25, -0.2) is 5.43 Å². The summed E-state index contributed by atoms with van der Waals surface area (Å²) in [7, 11) is 0. The van der Waals surface area contributed by atoms with E-state index in [0.29, 0.717) is 12.1 Å². The van der Waals surface area contributed by atoms with Gasteiger partial charge in [0.25, 0.3) is 5.91 Å². The van der Waals surface area contributed by atoms with Gasteiger partial charge < -0.3 is 10.3 Å². The number of hydrazone groups is 1. The van der Waals surface area contributed by atoms with Crippen LogP contribution in [0, 0.1) is 6.92 Å². The number of amides is 2. The van der Waals surface area contributed by atoms with E-state index in [-0.39, 0.29) is 12.3 Å². The van der Waals surface area contributed by atoms with Gasteiger partial charge in [0.2, 0.25) is 5.91 Å². The molecule has 7 heteroatoms. The van der Waals surface area contributed by atoms with Crippen LogP contribution < -0.4 is 10.7 Å². The number of carbonyl (C=O) groups is 2. The summed E-state index contributed by atoms with van der Waals surface area (Å²) in [6.07, 6.45) is 5.50. The highest BCUT2D eigenvalue weighted by Gasteiger charge is 2.22. The number of nitrogens with one attached hydrogen (secondary N) is 3. The molecule has 0 fully saturated rings. The number of nitrogens with zero attached hydrogens (tertiary/aromatic N) is 2. The molecular formula is C26H25N5O2. The third-order valence-corrected chi connectivity index (χ3v) is 5.30. The highest BCUT2D eigenvalue weighted by Crippen LogP contribution is 2.19. The number of aryl methyl sites for hydroxylation is 1. The summed E-state index contributed by atoms with van der Waals surface area (Å²) in [5.74, 6) is -0.628. The average molecular weight is 440 g/mol. The number of pyridine rings is 1. The first kappa shape index (κ1) is 22.0. The van der Waals surface area contributed by atoms with E-state index in [1.807, 2.05) is 67.7 Å².